The average molecular weight is 366 g/mol. The summed E-state index contributed by atoms with van der Waals surface area (Å²) >= 11 is 1.72. The number of piperidine rings is 1. The molecule has 7 heteroatoms. The number of hydrogen-bond acceptors (Lipinski definition) is 7. The van der Waals surface area contributed by atoms with Gasteiger partial charge in [0.25, 0.3) is 0 Å². The van der Waals surface area contributed by atoms with Gasteiger partial charge in [-0.15, -0.1) is 11.3 Å². The normalized spacial score (nSPS) is 18.0. The van der Waals surface area contributed by atoms with Gasteiger partial charge >= 0.3 is 0 Å². The molecular formula is C19H22N6S. The Hall–Kier alpha value is -2.38. The van der Waals surface area contributed by atoms with E-state index in [1.807, 2.05) is 30.8 Å². The van der Waals surface area contributed by atoms with Gasteiger partial charge in [0.05, 0.1) is 11.2 Å². The molecule has 0 spiro atoms. The van der Waals surface area contributed by atoms with Crippen molar-refractivity contribution in [1.29, 1.82) is 0 Å². The summed E-state index contributed by atoms with van der Waals surface area (Å²) in [5.41, 5.74) is 4.03. The molecule has 1 aliphatic rings. The molecule has 1 N–H and O–H groups in total. The smallest absolute Gasteiger partial charge is 0.153 e. The number of likely N-dealkylation sites (tertiary alicyclic amines) is 1. The Morgan fingerprint density at radius 3 is 2.92 bits per heavy atom. The minimum Gasteiger partial charge on any atom is -0.323 e. The lowest BCUT2D eigenvalue weighted by Crippen LogP contribution is -2.34. The largest absolute Gasteiger partial charge is 0.323 e. The fraction of sp³-hybridized carbons (Fsp3) is 0.368. The maximum Gasteiger partial charge on any atom is 0.153 e. The molecule has 0 unspecified atom stereocenters. The standard InChI is InChI=1S/C19H22N6S/c1-14-4-2-6-22-18(14)24-19-17(21-7-8-23-19)15-5-3-9-25(11-15)12-16-10-20-13-26-16/h2,4,6-8,10,13,15H,3,5,9,11-12H2,1H3,(H,22,23,24)/t15-/m1/s1. The van der Waals surface area contributed by atoms with Gasteiger partial charge in [0, 0.05) is 48.7 Å². The van der Waals surface area contributed by atoms with Crippen LogP contribution in [0.3, 0.4) is 0 Å². The quantitative estimate of drug-likeness (QED) is 0.742. The highest BCUT2D eigenvalue weighted by atomic mass is 32.1. The van der Waals surface area contributed by atoms with Gasteiger partial charge in [-0.1, -0.05) is 6.07 Å². The second-order valence-electron chi connectivity index (χ2n) is 6.63. The van der Waals surface area contributed by atoms with Gasteiger partial charge in [0.15, 0.2) is 5.82 Å². The van der Waals surface area contributed by atoms with Gasteiger partial charge < -0.3 is 5.32 Å². The van der Waals surface area contributed by atoms with E-state index >= 15 is 0 Å². The number of aryl methyl sites for hydroxylation is 1. The van der Waals surface area contributed by atoms with Crippen LogP contribution in [-0.2, 0) is 6.54 Å². The molecule has 6 nitrogen and oxygen atoms in total. The Balaban J connectivity index is 1.53. The van der Waals surface area contributed by atoms with Crippen molar-refractivity contribution in [3.05, 3.63) is 58.6 Å². The van der Waals surface area contributed by atoms with Crippen molar-refractivity contribution in [2.45, 2.75) is 32.2 Å². The molecule has 0 amide bonds. The molecule has 0 saturated carbocycles. The number of nitrogens with zero attached hydrogens (tertiary/aromatic N) is 5. The third kappa shape index (κ3) is 3.89. The zero-order valence-electron chi connectivity index (χ0n) is 14.8. The number of rotatable bonds is 5. The van der Waals surface area contributed by atoms with Crippen LogP contribution in [-0.4, -0.2) is 37.9 Å². The molecule has 4 rings (SSSR count). The van der Waals surface area contributed by atoms with E-state index < -0.39 is 0 Å². The summed E-state index contributed by atoms with van der Waals surface area (Å²) in [6.07, 6.45) is 9.59. The van der Waals surface area contributed by atoms with Crippen LogP contribution in [0.4, 0.5) is 11.6 Å². The SMILES string of the molecule is Cc1cccnc1Nc1nccnc1[C@@H]1CCCN(Cc2cncs2)C1. The summed E-state index contributed by atoms with van der Waals surface area (Å²) in [5, 5.41) is 3.39. The number of pyridine rings is 1. The van der Waals surface area contributed by atoms with Crippen molar-refractivity contribution in [2.24, 2.45) is 0 Å². The fourth-order valence-corrected chi connectivity index (χ4v) is 4.07. The van der Waals surface area contributed by atoms with Crippen molar-refractivity contribution in [2.75, 3.05) is 18.4 Å². The molecule has 0 radical (unpaired) electrons. The van der Waals surface area contributed by atoms with Gasteiger partial charge in [0.2, 0.25) is 0 Å². The van der Waals surface area contributed by atoms with Gasteiger partial charge in [0.1, 0.15) is 5.82 Å². The molecule has 0 aromatic carbocycles. The Bertz CT molecular complexity index is 851. The first-order valence-electron chi connectivity index (χ1n) is 8.89. The fourth-order valence-electron chi connectivity index (χ4n) is 3.44. The van der Waals surface area contributed by atoms with E-state index in [0.717, 1.165) is 48.9 Å². The van der Waals surface area contributed by atoms with Gasteiger partial charge in [-0.25, -0.2) is 9.97 Å². The molecule has 1 fully saturated rings. The first-order valence-corrected chi connectivity index (χ1v) is 9.77. The molecule has 3 aromatic heterocycles. The highest BCUT2D eigenvalue weighted by molar-refractivity contribution is 7.09. The van der Waals surface area contributed by atoms with Crippen molar-refractivity contribution in [1.82, 2.24) is 24.8 Å². The minimum atomic E-state index is 0.372. The van der Waals surface area contributed by atoms with Crippen LogP contribution in [0.1, 0.15) is 34.9 Å². The van der Waals surface area contributed by atoms with Crippen LogP contribution >= 0.6 is 11.3 Å². The van der Waals surface area contributed by atoms with Crippen LogP contribution in [0.15, 0.2) is 42.4 Å². The van der Waals surface area contributed by atoms with Crippen molar-refractivity contribution < 1.29 is 0 Å². The van der Waals surface area contributed by atoms with Crippen LogP contribution in [0.25, 0.3) is 0 Å². The number of nitrogens with one attached hydrogen (secondary N) is 1. The van der Waals surface area contributed by atoms with Crippen LogP contribution in [0.2, 0.25) is 0 Å². The summed E-state index contributed by atoms with van der Waals surface area (Å²) in [5.74, 6) is 2.03. The first-order chi connectivity index (χ1) is 12.8. The molecule has 0 aliphatic carbocycles. The van der Waals surface area contributed by atoms with Crippen LogP contribution in [0, 0.1) is 6.92 Å². The third-order valence-corrected chi connectivity index (χ3v) is 5.49. The molecule has 1 atom stereocenters. The maximum absolute atomic E-state index is 4.67. The maximum atomic E-state index is 4.67. The van der Waals surface area contributed by atoms with Gasteiger partial charge in [-0.3, -0.25) is 14.9 Å². The second-order valence-corrected chi connectivity index (χ2v) is 7.60. The molecule has 1 aliphatic heterocycles. The summed E-state index contributed by atoms with van der Waals surface area (Å²) in [6, 6.07) is 3.99. The predicted molar refractivity (Wildman–Crippen MR) is 104 cm³/mol. The first kappa shape index (κ1) is 17.1. The van der Waals surface area contributed by atoms with E-state index in [4.69, 9.17) is 0 Å². The lowest BCUT2D eigenvalue weighted by atomic mass is 9.94. The van der Waals surface area contributed by atoms with E-state index in [-0.39, 0.29) is 0 Å². The van der Waals surface area contributed by atoms with Crippen LogP contribution < -0.4 is 5.32 Å². The monoisotopic (exact) mass is 366 g/mol. The molecule has 134 valence electrons. The van der Waals surface area contributed by atoms with Crippen molar-refractivity contribution >= 4 is 23.0 Å². The average Bonchev–Trinajstić information content (AvgIpc) is 3.17. The van der Waals surface area contributed by atoms with Gasteiger partial charge in [-0.05, 0) is 37.9 Å². The predicted octanol–water partition coefficient (Wildman–Crippen LogP) is 3.76. The highest BCUT2D eigenvalue weighted by Crippen LogP contribution is 2.31. The minimum absolute atomic E-state index is 0.372. The Morgan fingerprint density at radius 1 is 1.19 bits per heavy atom. The molecule has 4 heterocycles. The lowest BCUT2D eigenvalue weighted by Gasteiger charge is -2.32. The third-order valence-electron chi connectivity index (χ3n) is 4.73. The highest BCUT2D eigenvalue weighted by Gasteiger charge is 2.25. The molecule has 26 heavy (non-hydrogen) atoms. The topological polar surface area (TPSA) is 66.8 Å². The second kappa shape index (κ2) is 7.88. The summed E-state index contributed by atoms with van der Waals surface area (Å²) < 4.78 is 0. The van der Waals surface area contributed by atoms with E-state index in [9.17, 15) is 0 Å². The summed E-state index contributed by atoms with van der Waals surface area (Å²) in [7, 11) is 0. The van der Waals surface area contributed by atoms with Gasteiger partial charge in [-0.2, -0.15) is 0 Å². The molecule has 1 saturated heterocycles. The number of thiazole rings is 1. The van der Waals surface area contributed by atoms with Crippen LogP contribution in [0.5, 0.6) is 0 Å². The van der Waals surface area contributed by atoms with E-state index in [1.54, 1.807) is 29.9 Å². The number of hydrogen-bond donors (Lipinski definition) is 1. The van der Waals surface area contributed by atoms with E-state index in [2.05, 4.69) is 30.2 Å². The summed E-state index contributed by atoms with van der Waals surface area (Å²) in [4.78, 5) is 21.6. The molecular weight excluding hydrogens is 344 g/mol. The van der Waals surface area contributed by atoms with Crippen molar-refractivity contribution in [3.63, 3.8) is 0 Å². The van der Waals surface area contributed by atoms with E-state index in [1.165, 1.54) is 11.3 Å². The molecule has 3 aromatic rings. The van der Waals surface area contributed by atoms with E-state index in [0.29, 0.717) is 5.92 Å². The summed E-state index contributed by atoms with van der Waals surface area (Å²) in [6.45, 7) is 5.12. The lowest BCUT2D eigenvalue weighted by molar-refractivity contribution is 0.200. The Labute approximate surface area is 157 Å². The Kier molecular flexibility index (Phi) is 5.17. The zero-order valence-corrected chi connectivity index (χ0v) is 15.6. The number of aromatic nitrogens is 4. The Morgan fingerprint density at radius 2 is 2.08 bits per heavy atom. The molecule has 0 bridgehead atoms. The number of anilines is 2. The zero-order chi connectivity index (χ0) is 17.8. The van der Waals surface area contributed by atoms with Crippen molar-refractivity contribution in [3.8, 4) is 0 Å².